The summed E-state index contributed by atoms with van der Waals surface area (Å²) in [5, 5.41) is 12.3. The molecule has 2 aliphatic carbocycles. The average Bonchev–Trinajstić information content (AvgIpc) is 2.80. The fraction of sp³-hybridized carbons (Fsp3) is 0.882. The quantitative estimate of drug-likeness (QED) is 0.824. The highest BCUT2D eigenvalue weighted by molar-refractivity contribution is 5.76. The summed E-state index contributed by atoms with van der Waals surface area (Å²) >= 11 is 0. The maximum absolute atomic E-state index is 12.5. The van der Waals surface area contributed by atoms with Crippen molar-refractivity contribution in [1.29, 1.82) is 0 Å². The van der Waals surface area contributed by atoms with Gasteiger partial charge in [-0.15, -0.1) is 0 Å². The molecule has 3 rings (SSSR count). The standard InChI is InChI=1S/C17H28N2O3/c1-16(2)12-4-7-17(16,3)13(10-12)18-15(22)19-8-5-11(6-9-19)14(20)21/h11-13H,4-10H2,1-3H3,(H,18,22)(H,20,21). The largest absolute Gasteiger partial charge is 0.481 e. The van der Waals surface area contributed by atoms with E-state index in [-0.39, 0.29) is 23.4 Å². The van der Waals surface area contributed by atoms with Gasteiger partial charge in [-0.2, -0.15) is 0 Å². The second-order valence-electron chi connectivity index (χ2n) is 8.21. The second kappa shape index (κ2) is 5.14. The van der Waals surface area contributed by atoms with E-state index >= 15 is 0 Å². The van der Waals surface area contributed by atoms with Gasteiger partial charge in [-0.3, -0.25) is 4.79 Å². The Labute approximate surface area is 132 Å². The molecule has 2 amide bonds. The number of carbonyl (C=O) groups is 2. The highest BCUT2D eigenvalue weighted by atomic mass is 16.4. The predicted molar refractivity (Wildman–Crippen MR) is 83.5 cm³/mol. The molecule has 0 aromatic heterocycles. The minimum absolute atomic E-state index is 0.00147. The molecule has 22 heavy (non-hydrogen) atoms. The number of nitrogens with one attached hydrogen (secondary N) is 1. The van der Waals surface area contributed by atoms with Gasteiger partial charge in [0.2, 0.25) is 0 Å². The summed E-state index contributed by atoms with van der Waals surface area (Å²) in [4.78, 5) is 25.3. The van der Waals surface area contributed by atoms with E-state index < -0.39 is 5.97 Å². The second-order valence-corrected chi connectivity index (χ2v) is 8.21. The maximum atomic E-state index is 12.5. The molecule has 2 N–H and O–H groups in total. The maximum Gasteiger partial charge on any atom is 0.317 e. The number of carboxylic acid groups (broad SMARTS) is 1. The molecule has 0 aromatic rings. The SMILES string of the molecule is CC1(C)C2CCC1(C)C(NC(=O)N1CCC(C(=O)O)CC1)C2. The van der Waals surface area contributed by atoms with E-state index in [4.69, 9.17) is 5.11 Å². The van der Waals surface area contributed by atoms with Crippen molar-refractivity contribution < 1.29 is 14.7 Å². The lowest BCUT2D eigenvalue weighted by atomic mass is 9.69. The molecule has 1 saturated heterocycles. The molecule has 0 radical (unpaired) electrons. The average molecular weight is 308 g/mol. The van der Waals surface area contributed by atoms with E-state index in [1.165, 1.54) is 12.8 Å². The number of likely N-dealkylation sites (tertiary alicyclic amines) is 1. The first-order valence-corrected chi connectivity index (χ1v) is 8.54. The van der Waals surface area contributed by atoms with Gasteiger partial charge >= 0.3 is 12.0 Å². The van der Waals surface area contributed by atoms with Gasteiger partial charge in [-0.25, -0.2) is 4.79 Å². The Morgan fingerprint density at radius 2 is 1.77 bits per heavy atom. The smallest absolute Gasteiger partial charge is 0.317 e. The molecule has 5 heteroatoms. The molecule has 2 saturated carbocycles. The van der Waals surface area contributed by atoms with Crippen molar-refractivity contribution in [2.75, 3.05) is 13.1 Å². The molecular weight excluding hydrogens is 280 g/mol. The van der Waals surface area contributed by atoms with E-state index in [1.807, 2.05) is 0 Å². The third kappa shape index (κ3) is 2.20. The van der Waals surface area contributed by atoms with Crippen LogP contribution in [0.15, 0.2) is 0 Å². The number of urea groups is 1. The van der Waals surface area contributed by atoms with E-state index in [2.05, 4.69) is 26.1 Å². The Morgan fingerprint density at radius 3 is 2.23 bits per heavy atom. The monoisotopic (exact) mass is 308 g/mol. The molecular formula is C17H28N2O3. The van der Waals surface area contributed by atoms with Crippen LogP contribution >= 0.6 is 0 Å². The van der Waals surface area contributed by atoms with Gasteiger partial charge in [-0.1, -0.05) is 20.8 Å². The van der Waals surface area contributed by atoms with E-state index in [0.717, 1.165) is 6.42 Å². The molecule has 0 aromatic carbocycles. The van der Waals surface area contributed by atoms with Crippen LogP contribution in [-0.2, 0) is 4.79 Å². The molecule has 3 fully saturated rings. The number of hydrogen-bond donors (Lipinski definition) is 2. The van der Waals surface area contributed by atoms with Crippen LogP contribution in [0.4, 0.5) is 4.79 Å². The van der Waals surface area contributed by atoms with Gasteiger partial charge in [0.1, 0.15) is 0 Å². The number of rotatable bonds is 2. The number of carboxylic acids is 1. The Morgan fingerprint density at radius 1 is 1.14 bits per heavy atom. The zero-order chi connectivity index (χ0) is 16.1. The highest BCUT2D eigenvalue weighted by Gasteiger charge is 2.61. The summed E-state index contributed by atoms with van der Waals surface area (Å²) in [7, 11) is 0. The highest BCUT2D eigenvalue weighted by Crippen LogP contribution is 2.65. The fourth-order valence-corrected chi connectivity index (χ4v) is 4.99. The van der Waals surface area contributed by atoms with Crippen molar-refractivity contribution in [2.45, 2.75) is 58.9 Å². The molecule has 3 atom stereocenters. The van der Waals surface area contributed by atoms with E-state index in [1.54, 1.807) is 4.90 Å². The van der Waals surface area contributed by atoms with Gasteiger partial charge in [-0.05, 0) is 48.9 Å². The normalized spacial score (nSPS) is 37.3. The van der Waals surface area contributed by atoms with Gasteiger partial charge in [0.25, 0.3) is 0 Å². The minimum atomic E-state index is -0.734. The van der Waals surface area contributed by atoms with Crippen molar-refractivity contribution in [3.8, 4) is 0 Å². The summed E-state index contributed by atoms with van der Waals surface area (Å²) in [6.45, 7) is 8.12. The molecule has 1 aliphatic heterocycles. The number of nitrogens with zero attached hydrogens (tertiary/aromatic N) is 1. The first-order chi connectivity index (χ1) is 10.3. The first-order valence-electron chi connectivity index (χ1n) is 8.54. The number of fused-ring (bicyclic) bond motifs is 2. The molecule has 124 valence electrons. The van der Waals surface area contributed by atoms with Crippen molar-refractivity contribution in [3.63, 3.8) is 0 Å². The molecule has 0 spiro atoms. The zero-order valence-electron chi connectivity index (χ0n) is 13.9. The van der Waals surface area contributed by atoms with Crippen LogP contribution < -0.4 is 5.32 Å². The van der Waals surface area contributed by atoms with Crippen molar-refractivity contribution in [3.05, 3.63) is 0 Å². The van der Waals surface area contributed by atoms with Crippen LogP contribution in [0.25, 0.3) is 0 Å². The predicted octanol–water partition coefficient (Wildman–Crippen LogP) is 2.71. The summed E-state index contributed by atoms with van der Waals surface area (Å²) in [5.74, 6) is -0.314. The Hall–Kier alpha value is -1.26. The van der Waals surface area contributed by atoms with E-state index in [9.17, 15) is 9.59 Å². The lowest BCUT2D eigenvalue weighted by Crippen LogP contribution is -2.53. The third-order valence-electron chi connectivity index (χ3n) is 7.22. The van der Waals surface area contributed by atoms with Crippen LogP contribution in [0.1, 0.15) is 52.9 Å². The number of piperidine rings is 1. The van der Waals surface area contributed by atoms with Crippen LogP contribution in [0.2, 0.25) is 0 Å². The lowest BCUT2D eigenvalue weighted by molar-refractivity contribution is -0.143. The number of carbonyl (C=O) groups excluding carboxylic acids is 1. The molecule has 5 nitrogen and oxygen atoms in total. The van der Waals surface area contributed by atoms with Crippen molar-refractivity contribution in [1.82, 2.24) is 10.2 Å². The first kappa shape index (κ1) is 15.6. The number of hydrogen-bond acceptors (Lipinski definition) is 2. The lowest BCUT2D eigenvalue weighted by Gasteiger charge is -2.40. The number of aliphatic carboxylic acids is 1. The van der Waals surface area contributed by atoms with Crippen molar-refractivity contribution in [2.24, 2.45) is 22.7 Å². The van der Waals surface area contributed by atoms with Crippen LogP contribution in [-0.4, -0.2) is 41.1 Å². The Balaban J connectivity index is 1.59. The van der Waals surface area contributed by atoms with Gasteiger partial charge < -0.3 is 15.3 Å². The van der Waals surface area contributed by atoms with Gasteiger partial charge in [0.05, 0.1) is 5.92 Å². The van der Waals surface area contributed by atoms with Crippen LogP contribution in [0.3, 0.4) is 0 Å². The Bertz CT molecular complexity index is 482. The molecule has 1 heterocycles. The summed E-state index contributed by atoms with van der Waals surface area (Å²) < 4.78 is 0. The molecule has 2 bridgehead atoms. The van der Waals surface area contributed by atoms with Crippen LogP contribution in [0.5, 0.6) is 0 Å². The molecule has 3 unspecified atom stereocenters. The van der Waals surface area contributed by atoms with Gasteiger partial charge in [0.15, 0.2) is 0 Å². The number of amides is 2. The zero-order valence-corrected chi connectivity index (χ0v) is 13.9. The fourth-order valence-electron chi connectivity index (χ4n) is 4.99. The van der Waals surface area contributed by atoms with Gasteiger partial charge in [0, 0.05) is 19.1 Å². The third-order valence-corrected chi connectivity index (χ3v) is 7.22. The summed E-state index contributed by atoms with van der Waals surface area (Å²) in [5.41, 5.74) is 0.480. The van der Waals surface area contributed by atoms with E-state index in [0.29, 0.717) is 37.3 Å². The summed E-state index contributed by atoms with van der Waals surface area (Å²) in [6.07, 6.45) is 4.69. The van der Waals surface area contributed by atoms with Crippen LogP contribution in [0, 0.1) is 22.7 Å². The summed E-state index contributed by atoms with van der Waals surface area (Å²) in [6, 6.07) is 0.254. The molecule has 3 aliphatic rings. The Kier molecular flexibility index (Phi) is 3.65. The van der Waals surface area contributed by atoms with Crippen molar-refractivity contribution >= 4 is 12.0 Å². The minimum Gasteiger partial charge on any atom is -0.481 e. The topological polar surface area (TPSA) is 69.6 Å².